The Labute approximate surface area is 93.4 Å². The van der Waals surface area contributed by atoms with Crippen LogP contribution in [0.15, 0.2) is 46.9 Å². The van der Waals surface area contributed by atoms with E-state index in [1.807, 2.05) is 30.3 Å². The molecular formula is C14H12O2. The number of para-hydroxylation sites is 1. The lowest BCUT2D eigenvalue weighted by molar-refractivity contribution is 0.186. The summed E-state index contributed by atoms with van der Waals surface area (Å²) < 4.78 is 11.0. The van der Waals surface area contributed by atoms with Crippen molar-refractivity contribution in [2.45, 2.75) is 6.61 Å². The van der Waals surface area contributed by atoms with Crippen molar-refractivity contribution in [2.75, 3.05) is 7.11 Å². The van der Waals surface area contributed by atoms with Crippen LogP contribution in [0.2, 0.25) is 0 Å². The van der Waals surface area contributed by atoms with Crippen LogP contribution >= 0.6 is 0 Å². The Hall–Kier alpha value is -1.80. The van der Waals surface area contributed by atoms with Gasteiger partial charge in [-0.05, 0) is 17.7 Å². The highest BCUT2D eigenvalue weighted by atomic mass is 16.5. The second-order valence-electron chi connectivity index (χ2n) is 3.82. The molecule has 0 aliphatic carbocycles. The standard InChI is InChI=1S/C14H12O2/c1-15-9-10-5-4-8-13-14(10)11-6-2-3-7-12(11)16-13/h2-8H,9H2,1H3. The zero-order chi connectivity index (χ0) is 11.0. The normalized spacial score (nSPS) is 11.3. The average molecular weight is 212 g/mol. The number of furan rings is 1. The average Bonchev–Trinajstić information content (AvgIpc) is 2.68. The Balaban J connectivity index is 2.43. The van der Waals surface area contributed by atoms with Crippen LogP contribution in [0.25, 0.3) is 21.9 Å². The van der Waals surface area contributed by atoms with E-state index in [0.29, 0.717) is 6.61 Å². The Morgan fingerprint density at radius 3 is 2.69 bits per heavy atom. The van der Waals surface area contributed by atoms with Gasteiger partial charge in [0.1, 0.15) is 11.2 Å². The van der Waals surface area contributed by atoms with Crippen molar-refractivity contribution in [3.05, 3.63) is 48.0 Å². The molecule has 3 aromatic rings. The lowest BCUT2D eigenvalue weighted by Gasteiger charge is -2.00. The quantitative estimate of drug-likeness (QED) is 0.645. The summed E-state index contributed by atoms with van der Waals surface area (Å²) in [6, 6.07) is 14.2. The maximum Gasteiger partial charge on any atom is 0.135 e. The van der Waals surface area contributed by atoms with Crippen LogP contribution in [0, 0.1) is 0 Å². The van der Waals surface area contributed by atoms with Crippen LogP contribution < -0.4 is 0 Å². The molecule has 0 radical (unpaired) electrons. The number of methoxy groups -OCH3 is 1. The summed E-state index contributed by atoms with van der Waals surface area (Å²) >= 11 is 0. The molecule has 0 aliphatic rings. The molecule has 2 aromatic carbocycles. The molecule has 0 saturated heterocycles. The molecule has 2 heteroatoms. The molecular weight excluding hydrogens is 200 g/mol. The maximum absolute atomic E-state index is 5.78. The Morgan fingerprint density at radius 2 is 1.81 bits per heavy atom. The molecule has 80 valence electrons. The number of ether oxygens (including phenoxy) is 1. The number of hydrogen-bond donors (Lipinski definition) is 0. The number of fused-ring (bicyclic) bond motifs is 3. The molecule has 0 bridgehead atoms. The summed E-state index contributed by atoms with van der Waals surface area (Å²) in [5, 5.41) is 2.32. The third kappa shape index (κ3) is 1.31. The maximum atomic E-state index is 5.78. The van der Waals surface area contributed by atoms with E-state index >= 15 is 0 Å². The minimum absolute atomic E-state index is 0.612. The van der Waals surface area contributed by atoms with E-state index in [0.717, 1.165) is 16.6 Å². The van der Waals surface area contributed by atoms with Gasteiger partial charge in [0, 0.05) is 17.9 Å². The first-order valence-electron chi connectivity index (χ1n) is 5.28. The van der Waals surface area contributed by atoms with E-state index in [4.69, 9.17) is 9.15 Å². The van der Waals surface area contributed by atoms with Crippen molar-refractivity contribution in [3.8, 4) is 0 Å². The molecule has 1 heterocycles. The van der Waals surface area contributed by atoms with Crippen molar-refractivity contribution >= 4 is 21.9 Å². The van der Waals surface area contributed by atoms with Crippen molar-refractivity contribution < 1.29 is 9.15 Å². The first kappa shape index (κ1) is 9.43. The van der Waals surface area contributed by atoms with Gasteiger partial charge in [0.15, 0.2) is 0 Å². The molecule has 0 fully saturated rings. The number of hydrogen-bond acceptors (Lipinski definition) is 2. The lowest BCUT2D eigenvalue weighted by atomic mass is 10.1. The molecule has 0 N–H and O–H groups in total. The van der Waals surface area contributed by atoms with Crippen molar-refractivity contribution in [1.82, 2.24) is 0 Å². The van der Waals surface area contributed by atoms with E-state index in [1.165, 1.54) is 10.9 Å². The summed E-state index contributed by atoms with van der Waals surface area (Å²) in [6.07, 6.45) is 0. The van der Waals surface area contributed by atoms with Crippen molar-refractivity contribution in [1.29, 1.82) is 0 Å². The minimum atomic E-state index is 0.612. The molecule has 2 nitrogen and oxygen atoms in total. The molecule has 0 unspecified atom stereocenters. The van der Waals surface area contributed by atoms with Gasteiger partial charge in [-0.1, -0.05) is 30.3 Å². The topological polar surface area (TPSA) is 22.4 Å². The molecule has 1 aromatic heterocycles. The number of rotatable bonds is 2. The van der Waals surface area contributed by atoms with E-state index in [2.05, 4.69) is 12.1 Å². The zero-order valence-electron chi connectivity index (χ0n) is 9.07. The van der Waals surface area contributed by atoms with Gasteiger partial charge in [-0.3, -0.25) is 0 Å². The summed E-state index contributed by atoms with van der Waals surface area (Å²) in [7, 11) is 1.71. The van der Waals surface area contributed by atoms with Gasteiger partial charge in [0.2, 0.25) is 0 Å². The van der Waals surface area contributed by atoms with Gasteiger partial charge >= 0.3 is 0 Å². The van der Waals surface area contributed by atoms with Crippen LogP contribution in [0.5, 0.6) is 0 Å². The van der Waals surface area contributed by atoms with Gasteiger partial charge in [-0.2, -0.15) is 0 Å². The van der Waals surface area contributed by atoms with Crippen LogP contribution in [-0.2, 0) is 11.3 Å². The van der Waals surface area contributed by atoms with Gasteiger partial charge in [0.05, 0.1) is 6.61 Å². The fourth-order valence-electron chi connectivity index (χ4n) is 2.12. The Kier molecular flexibility index (Phi) is 2.15. The highest BCUT2D eigenvalue weighted by Gasteiger charge is 2.09. The van der Waals surface area contributed by atoms with Crippen LogP contribution in [0.3, 0.4) is 0 Å². The fourth-order valence-corrected chi connectivity index (χ4v) is 2.12. The predicted octanol–water partition coefficient (Wildman–Crippen LogP) is 3.73. The largest absolute Gasteiger partial charge is 0.456 e. The highest BCUT2D eigenvalue weighted by Crippen LogP contribution is 2.31. The Bertz CT molecular complexity index is 637. The zero-order valence-corrected chi connectivity index (χ0v) is 9.07. The van der Waals surface area contributed by atoms with E-state index in [1.54, 1.807) is 7.11 Å². The molecule has 0 spiro atoms. The SMILES string of the molecule is COCc1cccc2oc3ccccc3c12. The van der Waals surface area contributed by atoms with E-state index < -0.39 is 0 Å². The summed E-state index contributed by atoms with van der Waals surface area (Å²) in [4.78, 5) is 0. The summed E-state index contributed by atoms with van der Waals surface area (Å²) in [5.41, 5.74) is 3.03. The first-order valence-corrected chi connectivity index (χ1v) is 5.28. The summed E-state index contributed by atoms with van der Waals surface area (Å²) in [5.74, 6) is 0. The van der Waals surface area contributed by atoms with Crippen LogP contribution in [0.1, 0.15) is 5.56 Å². The minimum Gasteiger partial charge on any atom is -0.456 e. The summed E-state index contributed by atoms with van der Waals surface area (Å²) in [6.45, 7) is 0.612. The van der Waals surface area contributed by atoms with Gasteiger partial charge in [0.25, 0.3) is 0 Å². The first-order chi connectivity index (χ1) is 7.90. The van der Waals surface area contributed by atoms with Gasteiger partial charge in [-0.25, -0.2) is 0 Å². The van der Waals surface area contributed by atoms with Crippen molar-refractivity contribution in [3.63, 3.8) is 0 Å². The van der Waals surface area contributed by atoms with Crippen LogP contribution in [-0.4, -0.2) is 7.11 Å². The van der Waals surface area contributed by atoms with Gasteiger partial charge < -0.3 is 9.15 Å². The molecule has 16 heavy (non-hydrogen) atoms. The molecule has 0 amide bonds. The molecule has 0 saturated carbocycles. The third-order valence-electron chi connectivity index (χ3n) is 2.79. The number of benzene rings is 2. The fraction of sp³-hybridized carbons (Fsp3) is 0.143. The van der Waals surface area contributed by atoms with Gasteiger partial charge in [-0.15, -0.1) is 0 Å². The molecule has 0 atom stereocenters. The van der Waals surface area contributed by atoms with E-state index in [9.17, 15) is 0 Å². The predicted molar refractivity (Wildman–Crippen MR) is 64.4 cm³/mol. The van der Waals surface area contributed by atoms with Crippen molar-refractivity contribution in [2.24, 2.45) is 0 Å². The van der Waals surface area contributed by atoms with Crippen LogP contribution in [0.4, 0.5) is 0 Å². The van der Waals surface area contributed by atoms with E-state index in [-0.39, 0.29) is 0 Å². The lowest BCUT2D eigenvalue weighted by Crippen LogP contribution is -1.87. The molecule has 3 rings (SSSR count). The molecule has 0 aliphatic heterocycles. The smallest absolute Gasteiger partial charge is 0.135 e. The monoisotopic (exact) mass is 212 g/mol. The third-order valence-corrected chi connectivity index (χ3v) is 2.79. The second-order valence-corrected chi connectivity index (χ2v) is 3.82. The Morgan fingerprint density at radius 1 is 1.00 bits per heavy atom. The second kappa shape index (κ2) is 3.65. The highest BCUT2D eigenvalue weighted by molar-refractivity contribution is 6.06.